The maximum atomic E-state index is 12.2. The van der Waals surface area contributed by atoms with Crippen LogP contribution in [0.5, 0.6) is 5.75 Å². The first-order chi connectivity index (χ1) is 14.7. The smallest absolute Gasteiger partial charge is 0.406 e. The molecule has 8 nitrogen and oxygen atoms in total. The maximum Gasteiger partial charge on any atom is 0.573 e. The number of ether oxygens (including phenoxy) is 1. The molecule has 166 valence electrons. The molecule has 0 radical (unpaired) electrons. The van der Waals surface area contributed by atoms with Crippen LogP contribution in [0.4, 0.5) is 24.7 Å². The molecule has 0 spiro atoms. The van der Waals surface area contributed by atoms with Gasteiger partial charge in [0, 0.05) is 36.5 Å². The first-order valence-electron chi connectivity index (χ1n) is 9.62. The zero-order chi connectivity index (χ0) is 22.4. The molecule has 1 aromatic heterocycles. The van der Waals surface area contributed by atoms with E-state index in [0.717, 1.165) is 11.4 Å². The van der Waals surface area contributed by atoms with Gasteiger partial charge in [0.1, 0.15) is 11.6 Å². The van der Waals surface area contributed by atoms with Gasteiger partial charge in [-0.15, -0.1) is 13.2 Å². The highest BCUT2D eigenvalue weighted by atomic mass is 19.4. The molecule has 5 N–H and O–H groups in total. The predicted octanol–water partition coefficient (Wildman–Crippen LogP) is 2.61. The number of hydrogen-bond acceptors (Lipinski definition) is 5. The predicted molar refractivity (Wildman–Crippen MR) is 110 cm³/mol. The molecule has 1 saturated heterocycles. The molecular weight excluding hydrogens is 413 g/mol. The number of nitrogens with zero attached hydrogens (tertiary/aromatic N) is 3. The van der Waals surface area contributed by atoms with Gasteiger partial charge in [0.05, 0.1) is 6.54 Å². The van der Waals surface area contributed by atoms with Crippen molar-refractivity contribution >= 4 is 23.4 Å². The van der Waals surface area contributed by atoms with Crippen LogP contribution in [-0.4, -0.2) is 36.3 Å². The number of aromatic nitrogens is 1. The molecule has 1 amide bonds. The minimum atomic E-state index is -4.74. The van der Waals surface area contributed by atoms with E-state index in [0.29, 0.717) is 31.6 Å². The summed E-state index contributed by atoms with van der Waals surface area (Å²) in [5.41, 5.74) is 12.6. The number of benzene rings is 1. The number of pyridine rings is 1. The number of nitrogens with two attached hydrogens (primary N) is 2. The first-order valence-corrected chi connectivity index (χ1v) is 9.62. The Morgan fingerprint density at radius 3 is 2.48 bits per heavy atom. The van der Waals surface area contributed by atoms with E-state index in [4.69, 9.17) is 11.5 Å². The molecule has 1 aliphatic rings. The van der Waals surface area contributed by atoms with Crippen LogP contribution >= 0.6 is 0 Å². The Labute approximate surface area is 177 Å². The van der Waals surface area contributed by atoms with Gasteiger partial charge in [-0.25, -0.2) is 9.98 Å². The van der Waals surface area contributed by atoms with Crippen molar-refractivity contribution in [2.45, 2.75) is 25.7 Å². The monoisotopic (exact) mass is 436 g/mol. The van der Waals surface area contributed by atoms with Gasteiger partial charge in [-0.2, -0.15) is 0 Å². The first kappa shape index (κ1) is 22.2. The number of aliphatic imine (C=N–C) groups is 1. The Hall–Kier alpha value is -3.50. The van der Waals surface area contributed by atoms with Crippen LogP contribution in [0.25, 0.3) is 0 Å². The van der Waals surface area contributed by atoms with Crippen LogP contribution in [0, 0.1) is 5.92 Å². The normalized spacial score (nSPS) is 15.6. The van der Waals surface area contributed by atoms with Crippen molar-refractivity contribution in [1.82, 2.24) is 4.98 Å². The van der Waals surface area contributed by atoms with Crippen molar-refractivity contribution in [3.8, 4) is 5.75 Å². The van der Waals surface area contributed by atoms with Gasteiger partial charge in [0.25, 0.3) is 0 Å². The fourth-order valence-corrected chi connectivity index (χ4v) is 3.31. The molecule has 1 fully saturated rings. The number of hydrogen-bond donors (Lipinski definition) is 3. The number of guanidine groups is 1. The molecule has 0 atom stereocenters. The number of halogens is 3. The minimum Gasteiger partial charge on any atom is -0.406 e. The Kier molecular flexibility index (Phi) is 6.83. The largest absolute Gasteiger partial charge is 0.573 e. The number of primary amides is 1. The lowest BCUT2D eigenvalue weighted by Gasteiger charge is -2.32. The van der Waals surface area contributed by atoms with Crippen LogP contribution in [0.15, 0.2) is 47.6 Å². The highest BCUT2D eigenvalue weighted by molar-refractivity contribution is 5.92. The summed E-state index contributed by atoms with van der Waals surface area (Å²) in [5.74, 6) is 0.160. The van der Waals surface area contributed by atoms with E-state index in [9.17, 15) is 18.0 Å². The van der Waals surface area contributed by atoms with E-state index in [1.807, 2.05) is 6.07 Å². The molecule has 1 aromatic carbocycles. The zero-order valence-electron chi connectivity index (χ0n) is 16.6. The third kappa shape index (κ3) is 6.49. The van der Waals surface area contributed by atoms with Gasteiger partial charge < -0.3 is 26.4 Å². The van der Waals surface area contributed by atoms with Crippen molar-refractivity contribution in [2.75, 3.05) is 23.3 Å². The van der Waals surface area contributed by atoms with Gasteiger partial charge in [-0.1, -0.05) is 6.07 Å². The Morgan fingerprint density at radius 1 is 1.19 bits per heavy atom. The third-order valence-corrected chi connectivity index (χ3v) is 4.84. The SMILES string of the molecule is NC(=O)C1CCN(c2ncccc2CN=C(N)Nc2ccc(OC(F)(F)F)cc2)CC1. The van der Waals surface area contributed by atoms with Crippen molar-refractivity contribution in [1.29, 1.82) is 0 Å². The molecule has 2 heterocycles. The number of anilines is 2. The van der Waals surface area contributed by atoms with Crippen LogP contribution in [0.1, 0.15) is 18.4 Å². The maximum absolute atomic E-state index is 12.2. The van der Waals surface area contributed by atoms with Crippen molar-refractivity contribution in [3.63, 3.8) is 0 Å². The summed E-state index contributed by atoms with van der Waals surface area (Å²) in [7, 11) is 0. The van der Waals surface area contributed by atoms with E-state index >= 15 is 0 Å². The van der Waals surface area contributed by atoms with Gasteiger partial charge in [-0.05, 0) is 43.2 Å². The number of amides is 1. The van der Waals surface area contributed by atoms with E-state index in [1.54, 1.807) is 12.3 Å². The highest BCUT2D eigenvalue weighted by Crippen LogP contribution is 2.26. The van der Waals surface area contributed by atoms with Gasteiger partial charge in [-0.3, -0.25) is 4.79 Å². The average Bonchev–Trinajstić information content (AvgIpc) is 2.73. The Balaban J connectivity index is 1.61. The van der Waals surface area contributed by atoms with Crippen LogP contribution in [0.3, 0.4) is 0 Å². The standard InChI is InChI=1S/C20H23F3N6O2/c21-20(22,23)31-16-5-3-15(4-6-16)28-19(25)27-12-14-2-1-9-26-18(14)29-10-7-13(8-11-29)17(24)30/h1-6,9,13H,7-8,10-12H2,(H2,24,30)(H3,25,27,28). The van der Waals surface area contributed by atoms with Crippen LogP contribution in [-0.2, 0) is 11.3 Å². The van der Waals surface area contributed by atoms with Gasteiger partial charge in [0.2, 0.25) is 5.91 Å². The number of nitrogens with one attached hydrogen (secondary N) is 1. The summed E-state index contributed by atoms with van der Waals surface area (Å²) in [6.45, 7) is 1.59. The Bertz CT molecular complexity index is 925. The molecule has 3 rings (SSSR count). The number of rotatable bonds is 6. The van der Waals surface area contributed by atoms with Crippen molar-refractivity contribution in [2.24, 2.45) is 22.4 Å². The number of piperidine rings is 1. The lowest BCUT2D eigenvalue weighted by Crippen LogP contribution is -2.39. The van der Waals surface area contributed by atoms with Crippen LogP contribution in [0.2, 0.25) is 0 Å². The molecule has 0 unspecified atom stereocenters. The molecule has 0 aliphatic carbocycles. The second-order valence-electron chi connectivity index (χ2n) is 7.05. The average molecular weight is 436 g/mol. The van der Waals surface area contributed by atoms with E-state index in [1.165, 1.54) is 24.3 Å². The lowest BCUT2D eigenvalue weighted by molar-refractivity contribution is -0.274. The Morgan fingerprint density at radius 2 is 1.87 bits per heavy atom. The fraction of sp³-hybridized carbons (Fsp3) is 0.350. The zero-order valence-corrected chi connectivity index (χ0v) is 16.6. The summed E-state index contributed by atoms with van der Waals surface area (Å²) in [6.07, 6.45) is -1.71. The van der Waals surface area contributed by atoms with Crippen LogP contribution < -0.4 is 26.4 Å². The number of carbonyl (C=O) groups is 1. The summed E-state index contributed by atoms with van der Waals surface area (Å²) in [5, 5.41) is 2.83. The number of carbonyl (C=O) groups excluding carboxylic acids is 1. The van der Waals surface area contributed by atoms with E-state index in [-0.39, 0.29) is 30.1 Å². The molecule has 0 bridgehead atoms. The third-order valence-electron chi connectivity index (χ3n) is 4.84. The number of alkyl halides is 3. The molecule has 31 heavy (non-hydrogen) atoms. The minimum absolute atomic E-state index is 0.103. The van der Waals surface area contributed by atoms with Gasteiger partial charge >= 0.3 is 6.36 Å². The quantitative estimate of drug-likeness (QED) is 0.473. The van der Waals surface area contributed by atoms with Crippen molar-refractivity contribution in [3.05, 3.63) is 48.2 Å². The summed E-state index contributed by atoms with van der Waals surface area (Å²) in [4.78, 5) is 22.2. The topological polar surface area (TPSA) is 119 Å². The summed E-state index contributed by atoms with van der Waals surface area (Å²) in [6, 6.07) is 8.86. The lowest BCUT2D eigenvalue weighted by atomic mass is 9.96. The van der Waals surface area contributed by atoms with Gasteiger partial charge in [0.15, 0.2) is 5.96 Å². The summed E-state index contributed by atoms with van der Waals surface area (Å²) < 4.78 is 40.5. The van der Waals surface area contributed by atoms with E-state index in [2.05, 4.69) is 24.9 Å². The molecule has 0 saturated carbocycles. The highest BCUT2D eigenvalue weighted by Gasteiger charge is 2.31. The second-order valence-corrected chi connectivity index (χ2v) is 7.05. The van der Waals surface area contributed by atoms with E-state index < -0.39 is 6.36 Å². The fourth-order valence-electron chi connectivity index (χ4n) is 3.31. The molecular formula is C20H23F3N6O2. The molecule has 1 aliphatic heterocycles. The molecule has 11 heteroatoms. The summed E-state index contributed by atoms with van der Waals surface area (Å²) >= 11 is 0. The molecule has 2 aromatic rings. The van der Waals surface area contributed by atoms with Crippen molar-refractivity contribution < 1.29 is 22.7 Å². The second kappa shape index (κ2) is 9.54.